The van der Waals surface area contributed by atoms with Gasteiger partial charge in [-0.25, -0.2) is 0 Å². The molecule has 0 spiro atoms. The third-order valence-corrected chi connectivity index (χ3v) is 6.58. The van der Waals surface area contributed by atoms with Gasteiger partial charge in [-0.1, -0.05) is 29.3 Å². The van der Waals surface area contributed by atoms with Crippen molar-refractivity contribution >= 4 is 29.0 Å². The summed E-state index contributed by atoms with van der Waals surface area (Å²) < 4.78 is 0. The van der Waals surface area contributed by atoms with Crippen LogP contribution in [0.5, 0.6) is 0 Å². The first kappa shape index (κ1) is 14.1. The number of carbonyl (C=O) groups excluding carboxylic acids is 1. The molecule has 5 rings (SSSR count). The molecule has 1 aromatic carbocycles. The molecule has 0 aromatic heterocycles. The molecule has 0 unspecified atom stereocenters. The van der Waals surface area contributed by atoms with Crippen LogP contribution in [0.15, 0.2) is 18.2 Å². The summed E-state index contributed by atoms with van der Waals surface area (Å²) in [6.45, 7) is 0. The maximum Gasteiger partial charge on any atom is 0.143 e. The summed E-state index contributed by atoms with van der Waals surface area (Å²) in [6, 6.07) is 5.48. The average Bonchev–Trinajstić information content (AvgIpc) is 2.40. The topological polar surface area (TPSA) is 17.1 Å². The molecular weight excluding hydrogens is 303 g/mol. The van der Waals surface area contributed by atoms with Gasteiger partial charge in [0.1, 0.15) is 5.78 Å². The van der Waals surface area contributed by atoms with E-state index < -0.39 is 0 Å². The van der Waals surface area contributed by atoms with E-state index in [1.165, 1.54) is 19.3 Å². The molecule has 21 heavy (non-hydrogen) atoms. The monoisotopic (exact) mass is 322 g/mol. The van der Waals surface area contributed by atoms with Gasteiger partial charge in [0.25, 0.3) is 0 Å². The van der Waals surface area contributed by atoms with Crippen molar-refractivity contribution in [2.45, 2.75) is 44.9 Å². The molecule has 0 amide bonds. The maximum atomic E-state index is 13.0. The van der Waals surface area contributed by atoms with E-state index in [0.717, 1.165) is 42.6 Å². The zero-order valence-corrected chi connectivity index (χ0v) is 13.6. The first-order valence-electron chi connectivity index (χ1n) is 8.01. The molecule has 0 aliphatic heterocycles. The van der Waals surface area contributed by atoms with Crippen molar-refractivity contribution in [3.05, 3.63) is 33.8 Å². The van der Waals surface area contributed by atoms with Gasteiger partial charge in [0, 0.05) is 21.9 Å². The van der Waals surface area contributed by atoms with E-state index in [-0.39, 0.29) is 5.41 Å². The quantitative estimate of drug-likeness (QED) is 0.735. The molecule has 0 radical (unpaired) electrons. The van der Waals surface area contributed by atoms with E-state index in [9.17, 15) is 4.79 Å². The molecule has 112 valence electrons. The highest BCUT2D eigenvalue weighted by Gasteiger charge is 2.54. The summed E-state index contributed by atoms with van der Waals surface area (Å²) in [5.74, 6) is 2.84. The molecule has 4 aliphatic carbocycles. The molecule has 4 fully saturated rings. The van der Waals surface area contributed by atoms with Crippen molar-refractivity contribution in [3.63, 3.8) is 0 Å². The number of hydrogen-bond acceptors (Lipinski definition) is 1. The standard InChI is InChI=1S/C18H20Cl2O/c19-15-2-1-14(16(20)7-15)6-17(21)18-8-11-3-12(9-18)5-13(4-11)10-18/h1-2,7,11-13H,3-6,8-10H2. The molecule has 4 aliphatic rings. The van der Waals surface area contributed by atoms with E-state index in [2.05, 4.69) is 0 Å². The zero-order valence-electron chi connectivity index (χ0n) is 12.1. The second-order valence-electron chi connectivity index (χ2n) is 7.53. The smallest absolute Gasteiger partial charge is 0.143 e. The predicted molar refractivity (Wildman–Crippen MR) is 85.8 cm³/mol. The minimum Gasteiger partial charge on any atom is -0.299 e. The maximum absolute atomic E-state index is 13.0. The number of hydrogen-bond donors (Lipinski definition) is 0. The van der Waals surface area contributed by atoms with Gasteiger partial charge in [-0.2, -0.15) is 0 Å². The van der Waals surface area contributed by atoms with Crippen LogP contribution in [-0.2, 0) is 11.2 Å². The Morgan fingerprint density at radius 1 is 1.05 bits per heavy atom. The molecule has 4 saturated carbocycles. The molecular formula is C18H20Cl2O. The molecule has 4 bridgehead atoms. The lowest BCUT2D eigenvalue weighted by atomic mass is 9.48. The van der Waals surface area contributed by atoms with Crippen LogP contribution in [0.3, 0.4) is 0 Å². The van der Waals surface area contributed by atoms with Crippen LogP contribution < -0.4 is 0 Å². The minimum absolute atomic E-state index is 0.0300. The molecule has 0 saturated heterocycles. The molecule has 3 heteroatoms. The fraction of sp³-hybridized carbons (Fsp3) is 0.611. The van der Waals surface area contributed by atoms with Crippen molar-refractivity contribution in [1.82, 2.24) is 0 Å². The highest BCUT2D eigenvalue weighted by molar-refractivity contribution is 6.35. The fourth-order valence-corrected chi connectivity index (χ4v) is 5.95. The summed E-state index contributed by atoms with van der Waals surface area (Å²) in [6.07, 6.45) is 7.97. The second-order valence-corrected chi connectivity index (χ2v) is 8.38. The Hall–Kier alpha value is -0.530. The molecule has 1 aromatic rings. The van der Waals surface area contributed by atoms with E-state index in [4.69, 9.17) is 23.2 Å². The van der Waals surface area contributed by atoms with Gasteiger partial charge in [0.15, 0.2) is 0 Å². The number of ketones is 1. The predicted octanol–water partition coefficient (Wildman–Crippen LogP) is 5.32. The van der Waals surface area contributed by atoms with Crippen LogP contribution in [0.4, 0.5) is 0 Å². The van der Waals surface area contributed by atoms with Gasteiger partial charge in [-0.15, -0.1) is 0 Å². The Labute approximate surface area is 136 Å². The SMILES string of the molecule is O=C(Cc1ccc(Cl)cc1Cl)C12CC3CC(CC(C3)C1)C2. The Kier molecular flexibility index (Phi) is 3.35. The number of rotatable bonds is 3. The molecule has 0 N–H and O–H groups in total. The van der Waals surface area contributed by atoms with E-state index in [1.54, 1.807) is 6.07 Å². The first-order valence-corrected chi connectivity index (χ1v) is 8.77. The second kappa shape index (κ2) is 4.99. The minimum atomic E-state index is -0.0300. The van der Waals surface area contributed by atoms with Gasteiger partial charge >= 0.3 is 0 Å². The summed E-state index contributed by atoms with van der Waals surface area (Å²) in [5, 5.41) is 1.26. The third kappa shape index (κ3) is 2.43. The zero-order chi connectivity index (χ0) is 14.6. The van der Waals surface area contributed by atoms with Crippen molar-refractivity contribution < 1.29 is 4.79 Å². The molecule has 0 atom stereocenters. The van der Waals surface area contributed by atoms with Gasteiger partial charge in [-0.05, 0) is 74.0 Å². The fourth-order valence-electron chi connectivity index (χ4n) is 5.48. The van der Waals surface area contributed by atoms with Crippen LogP contribution in [0.2, 0.25) is 10.0 Å². The van der Waals surface area contributed by atoms with Crippen molar-refractivity contribution in [2.75, 3.05) is 0 Å². The highest BCUT2D eigenvalue weighted by atomic mass is 35.5. The van der Waals surface area contributed by atoms with E-state index in [0.29, 0.717) is 22.2 Å². The summed E-state index contributed by atoms with van der Waals surface area (Å²) in [5.41, 5.74) is 0.902. The van der Waals surface area contributed by atoms with Crippen LogP contribution in [0.25, 0.3) is 0 Å². The number of halogens is 2. The number of Topliss-reactive ketones (excluding diaryl/α,β-unsaturated/α-hetero) is 1. The molecule has 0 heterocycles. The normalized spacial score (nSPS) is 37.0. The average molecular weight is 323 g/mol. The lowest BCUT2D eigenvalue weighted by Crippen LogP contribution is -2.50. The molecule has 1 nitrogen and oxygen atoms in total. The van der Waals surface area contributed by atoms with E-state index >= 15 is 0 Å². The van der Waals surface area contributed by atoms with Crippen LogP contribution in [0.1, 0.15) is 44.1 Å². The summed E-state index contributed by atoms with van der Waals surface area (Å²) in [4.78, 5) is 13.0. The first-order chi connectivity index (χ1) is 10.0. The number of carbonyl (C=O) groups is 1. The van der Waals surface area contributed by atoms with Crippen LogP contribution in [0, 0.1) is 23.2 Å². The van der Waals surface area contributed by atoms with Gasteiger partial charge < -0.3 is 0 Å². The Morgan fingerprint density at radius 2 is 1.62 bits per heavy atom. The summed E-state index contributed by atoms with van der Waals surface area (Å²) in [7, 11) is 0. The van der Waals surface area contributed by atoms with Gasteiger partial charge in [0.2, 0.25) is 0 Å². The van der Waals surface area contributed by atoms with Crippen molar-refractivity contribution in [1.29, 1.82) is 0 Å². The van der Waals surface area contributed by atoms with Crippen molar-refractivity contribution in [2.24, 2.45) is 23.2 Å². The third-order valence-electron chi connectivity index (χ3n) is 6.00. The van der Waals surface area contributed by atoms with Gasteiger partial charge in [-0.3, -0.25) is 4.79 Å². The largest absolute Gasteiger partial charge is 0.299 e. The lowest BCUT2D eigenvalue weighted by molar-refractivity contribution is -0.143. The number of benzene rings is 1. The lowest BCUT2D eigenvalue weighted by Gasteiger charge is -2.56. The van der Waals surface area contributed by atoms with Crippen LogP contribution >= 0.6 is 23.2 Å². The van der Waals surface area contributed by atoms with Gasteiger partial charge in [0.05, 0.1) is 0 Å². The Bertz CT molecular complexity index is 558. The van der Waals surface area contributed by atoms with Crippen LogP contribution in [-0.4, -0.2) is 5.78 Å². The van der Waals surface area contributed by atoms with Crippen molar-refractivity contribution in [3.8, 4) is 0 Å². The Morgan fingerprint density at radius 3 is 2.14 bits per heavy atom. The summed E-state index contributed by atoms with van der Waals surface area (Å²) >= 11 is 12.2. The van der Waals surface area contributed by atoms with E-state index in [1.807, 2.05) is 12.1 Å². The Balaban J connectivity index is 1.57. The highest BCUT2D eigenvalue weighted by Crippen LogP contribution is 2.60.